The molecule has 3 nitrogen and oxygen atoms in total. The molecular formula is C22H24N2O. The van der Waals surface area contributed by atoms with Gasteiger partial charge < -0.3 is 0 Å². The number of nitriles is 1. The Morgan fingerprint density at radius 3 is 2.60 bits per heavy atom. The summed E-state index contributed by atoms with van der Waals surface area (Å²) in [6.07, 6.45) is 5.05. The van der Waals surface area contributed by atoms with Crippen molar-refractivity contribution in [1.29, 1.82) is 5.26 Å². The van der Waals surface area contributed by atoms with Gasteiger partial charge in [0.2, 0.25) is 0 Å². The van der Waals surface area contributed by atoms with Gasteiger partial charge in [0.25, 0.3) is 0 Å². The molecule has 1 heterocycles. The summed E-state index contributed by atoms with van der Waals surface area (Å²) in [6.45, 7) is 4.28. The molecule has 4 rings (SSSR count). The summed E-state index contributed by atoms with van der Waals surface area (Å²) in [5.41, 5.74) is 1.47. The van der Waals surface area contributed by atoms with Crippen molar-refractivity contribution in [3.05, 3.63) is 47.5 Å². The first-order chi connectivity index (χ1) is 12.2. The van der Waals surface area contributed by atoms with Crippen molar-refractivity contribution >= 4 is 16.6 Å². The van der Waals surface area contributed by atoms with E-state index in [1.54, 1.807) is 0 Å². The van der Waals surface area contributed by atoms with E-state index in [1.165, 1.54) is 19.3 Å². The maximum atomic E-state index is 13.2. The zero-order valence-electron chi connectivity index (χ0n) is 14.7. The first kappa shape index (κ1) is 16.3. The maximum Gasteiger partial charge on any atom is 0.167 e. The third-order valence-corrected chi connectivity index (χ3v) is 6.17. The van der Waals surface area contributed by atoms with Gasteiger partial charge in [-0.05, 0) is 60.7 Å². The molecule has 2 unspecified atom stereocenters. The van der Waals surface area contributed by atoms with Crippen LogP contribution in [-0.2, 0) is 0 Å². The van der Waals surface area contributed by atoms with Crippen molar-refractivity contribution in [3.63, 3.8) is 0 Å². The SMILES string of the molecule is CC1CCN(C2CCC2)CC1C(=O)c1ccc2cc(C#N)ccc2c1. The topological polar surface area (TPSA) is 44.1 Å². The standard InChI is InChI=1S/C22H24N2O/c1-15-9-10-24(20-3-2-4-20)14-21(15)22(25)19-8-7-17-11-16(13-23)5-6-18(17)12-19/h5-8,11-12,15,20-21H,2-4,9-10,14H2,1H3. The molecule has 2 aromatic carbocycles. The second-order valence-electron chi connectivity index (χ2n) is 7.70. The van der Waals surface area contributed by atoms with Crippen molar-refractivity contribution in [1.82, 2.24) is 4.90 Å². The Kier molecular flexibility index (Phi) is 4.31. The number of benzene rings is 2. The number of ketones is 1. The summed E-state index contributed by atoms with van der Waals surface area (Å²) >= 11 is 0. The quantitative estimate of drug-likeness (QED) is 0.782. The number of carbonyl (C=O) groups excluding carboxylic acids is 1. The third-order valence-electron chi connectivity index (χ3n) is 6.17. The molecule has 0 bridgehead atoms. The number of Topliss-reactive ketones (excluding diaryl/α,β-unsaturated/α-hetero) is 1. The van der Waals surface area contributed by atoms with Crippen LogP contribution >= 0.6 is 0 Å². The number of fused-ring (bicyclic) bond motifs is 1. The highest BCUT2D eigenvalue weighted by atomic mass is 16.1. The maximum absolute atomic E-state index is 13.2. The average Bonchev–Trinajstić information content (AvgIpc) is 2.60. The van der Waals surface area contributed by atoms with Gasteiger partial charge in [0.05, 0.1) is 11.6 Å². The van der Waals surface area contributed by atoms with Crippen LogP contribution in [0.1, 0.15) is 48.5 Å². The molecule has 1 saturated carbocycles. The lowest BCUT2D eigenvalue weighted by atomic mass is 9.79. The Hall–Kier alpha value is -2.18. The lowest BCUT2D eigenvalue weighted by Crippen LogP contribution is -2.49. The van der Waals surface area contributed by atoms with E-state index in [4.69, 9.17) is 5.26 Å². The molecule has 25 heavy (non-hydrogen) atoms. The van der Waals surface area contributed by atoms with Crippen LogP contribution < -0.4 is 0 Å². The Morgan fingerprint density at radius 1 is 1.12 bits per heavy atom. The number of nitrogens with zero attached hydrogens (tertiary/aromatic N) is 2. The van der Waals surface area contributed by atoms with Gasteiger partial charge in [-0.15, -0.1) is 0 Å². The highest BCUT2D eigenvalue weighted by Crippen LogP contribution is 2.33. The molecule has 0 amide bonds. The second-order valence-corrected chi connectivity index (χ2v) is 7.70. The predicted octanol–water partition coefficient (Wildman–Crippen LogP) is 4.40. The van der Waals surface area contributed by atoms with E-state index in [-0.39, 0.29) is 11.7 Å². The van der Waals surface area contributed by atoms with Crippen LogP contribution in [0.25, 0.3) is 10.8 Å². The molecular weight excluding hydrogens is 308 g/mol. The van der Waals surface area contributed by atoms with Gasteiger partial charge in [-0.1, -0.05) is 31.5 Å². The molecule has 0 N–H and O–H groups in total. The predicted molar refractivity (Wildman–Crippen MR) is 99.5 cm³/mol. The number of carbonyl (C=O) groups is 1. The van der Waals surface area contributed by atoms with E-state index in [1.807, 2.05) is 36.4 Å². The van der Waals surface area contributed by atoms with E-state index in [9.17, 15) is 4.79 Å². The van der Waals surface area contributed by atoms with Crippen molar-refractivity contribution in [2.45, 2.75) is 38.6 Å². The number of rotatable bonds is 3. The Balaban J connectivity index is 1.58. The van der Waals surface area contributed by atoms with Crippen LogP contribution in [0.15, 0.2) is 36.4 Å². The Morgan fingerprint density at radius 2 is 1.88 bits per heavy atom. The highest BCUT2D eigenvalue weighted by molar-refractivity contribution is 6.01. The van der Waals surface area contributed by atoms with Gasteiger partial charge in [0.1, 0.15) is 0 Å². The van der Waals surface area contributed by atoms with Crippen LogP contribution in [0, 0.1) is 23.2 Å². The molecule has 3 heteroatoms. The fourth-order valence-corrected chi connectivity index (χ4v) is 4.20. The van der Waals surface area contributed by atoms with Crippen LogP contribution in [0.4, 0.5) is 0 Å². The van der Waals surface area contributed by atoms with Gasteiger partial charge in [-0.2, -0.15) is 5.26 Å². The second kappa shape index (κ2) is 6.61. The van der Waals surface area contributed by atoms with E-state index in [0.29, 0.717) is 17.5 Å². The largest absolute Gasteiger partial charge is 0.300 e. The molecule has 1 aliphatic carbocycles. The fourth-order valence-electron chi connectivity index (χ4n) is 4.20. The minimum atomic E-state index is 0.102. The first-order valence-electron chi connectivity index (χ1n) is 9.38. The van der Waals surface area contributed by atoms with Crippen molar-refractivity contribution in [2.75, 3.05) is 13.1 Å². The molecule has 0 radical (unpaired) electrons. The minimum absolute atomic E-state index is 0.102. The zero-order valence-corrected chi connectivity index (χ0v) is 14.7. The third kappa shape index (κ3) is 3.07. The minimum Gasteiger partial charge on any atom is -0.300 e. The first-order valence-corrected chi connectivity index (χ1v) is 9.38. The molecule has 2 fully saturated rings. The zero-order chi connectivity index (χ0) is 17.4. The molecule has 2 atom stereocenters. The summed E-state index contributed by atoms with van der Waals surface area (Å²) in [7, 11) is 0. The van der Waals surface area contributed by atoms with E-state index >= 15 is 0 Å². The van der Waals surface area contributed by atoms with E-state index < -0.39 is 0 Å². The molecule has 0 spiro atoms. The average molecular weight is 332 g/mol. The molecule has 2 aromatic rings. The Labute approximate surface area is 149 Å². The summed E-state index contributed by atoms with van der Waals surface area (Å²) < 4.78 is 0. The lowest BCUT2D eigenvalue weighted by molar-refractivity contribution is 0.0445. The molecule has 2 aliphatic rings. The lowest BCUT2D eigenvalue weighted by Gasteiger charge is -2.44. The Bertz CT molecular complexity index is 847. The van der Waals surface area contributed by atoms with Gasteiger partial charge >= 0.3 is 0 Å². The number of piperidine rings is 1. The number of hydrogen-bond donors (Lipinski definition) is 0. The monoisotopic (exact) mass is 332 g/mol. The normalized spacial score (nSPS) is 24.6. The van der Waals surface area contributed by atoms with E-state index in [0.717, 1.165) is 35.8 Å². The van der Waals surface area contributed by atoms with Crippen LogP contribution in [0.2, 0.25) is 0 Å². The number of likely N-dealkylation sites (tertiary alicyclic amines) is 1. The van der Waals surface area contributed by atoms with Crippen LogP contribution in [0.5, 0.6) is 0 Å². The van der Waals surface area contributed by atoms with Crippen molar-refractivity contribution in [2.24, 2.45) is 11.8 Å². The summed E-state index contributed by atoms with van der Waals surface area (Å²) in [6, 6.07) is 14.4. The fraction of sp³-hybridized carbons (Fsp3) is 0.455. The molecule has 0 aromatic heterocycles. The van der Waals surface area contributed by atoms with Gasteiger partial charge in [-0.3, -0.25) is 9.69 Å². The highest BCUT2D eigenvalue weighted by Gasteiger charge is 2.36. The van der Waals surface area contributed by atoms with Gasteiger partial charge in [0.15, 0.2) is 5.78 Å². The van der Waals surface area contributed by atoms with Gasteiger partial charge in [0, 0.05) is 24.1 Å². The smallest absolute Gasteiger partial charge is 0.167 e. The summed E-state index contributed by atoms with van der Waals surface area (Å²) in [5.74, 6) is 0.827. The summed E-state index contributed by atoms with van der Waals surface area (Å²) in [5, 5.41) is 11.1. The van der Waals surface area contributed by atoms with Gasteiger partial charge in [-0.25, -0.2) is 0 Å². The number of hydrogen-bond acceptors (Lipinski definition) is 3. The van der Waals surface area contributed by atoms with E-state index in [2.05, 4.69) is 17.9 Å². The van der Waals surface area contributed by atoms with Crippen molar-refractivity contribution in [3.8, 4) is 6.07 Å². The van der Waals surface area contributed by atoms with Crippen molar-refractivity contribution < 1.29 is 4.79 Å². The summed E-state index contributed by atoms with van der Waals surface area (Å²) in [4.78, 5) is 15.7. The molecule has 1 aliphatic heterocycles. The molecule has 1 saturated heterocycles. The molecule has 128 valence electrons. The van der Waals surface area contributed by atoms with Crippen LogP contribution in [0.3, 0.4) is 0 Å². The van der Waals surface area contributed by atoms with Crippen LogP contribution in [-0.4, -0.2) is 29.8 Å².